The molecule has 2 heteroatoms. The normalized spacial score (nSPS) is 24.4. The maximum absolute atomic E-state index is 12.6. The fraction of sp³-hybridized carbons (Fsp3) is 0.850. The molecule has 2 aliphatic carbocycles. The summed E-state index contributed by atoms with van der Waals surface area (Å²) in [6.07, 6.45) is 11.2. The topological polar surface area (TPSA) is 26.3 Å². The summed E-state index contributed by atoms with van der Waals surface area (Å²) in [6.45, 7) is 9.07. The summed E-state index contributed by atoms with van der Waals surface area (Å²) in [6, 6.07) is 0. The van der Waals surface area contributed by atoms with Crippen LogP contribution in [-0.2, 0) is 9.53 Å². The molecule has 2 saturated carbocycles. The van der Waals surface area contributed by atoms with Gasteiger partial charge in [0.25, 0.3) is 0 Å². The second kappa shape index (κ2) is 6.76. The van der Waals surface area contributed by atoms with E-state index in [1.165, 1.54) is 25.7 Å². The van der Waals surface area contributed by atoms with E-state index < -0.39 is 0 Å². The van der Waals surface area contributed by atoms with Crippen LogP contribution in [0.3, 0.4) is 0 Å². The Morgan fingerprint density at radius 1 is 1.18 bits per heavy atom. The molecule has 0 aromatic carbocycles. The van der Waals surface area contributed by atoms with Crippen molar-refractivity contribution in [1.82, 2.24) is 0 Å². The Kier molecular flexibility index (Phi) is 5.40. The minimum Gasteiger partial charge on any atom is -0.501 e. The first-order chi connectivity index (χ1) is 10.3. The number of allylic oxidation sites excluding steroid dienone is 2. The van der Waals surface area contributed by atoms with Crippen LogP contribution in [0.15, 0.2) is 11.8 Å². The molecule has 0 atom stereocenters. The predicted octanol–water partition coefficient (Wildman–Crippen LogP) is 5.52. The lowest BCUT2D eigenvalue weighted by Crippen LogP contribution is -2.45. The first-order valence-electron chi connectivity index (χ1n) is 9.14. The molecule has 2 aliphatic rings. The van der Waals surface area contributed by atoms with Gasteiger partial charge in [0.2, 0.25) is 0 Å². The molecule has 2 rings (SSSR count). The van der Waals surface area contributed by atoms with Crippen LogP contribution in [0.5, 0.6) is 0 Å². The van der Waals surface area contributed by atoms with Crippen LogP contribution in [-0.4, -0.2) is 12.9 Å². The smallest absolute Gasteiger partial charge is 0.162 e. The van der Waals surface area contributed by atoms with Gasteiger partial charge in [0.1, 0.15) is 5.76 Å². The van der Waals surface area contributed by atoms with E-state index in [1.807, 2.05) is 6.08 Å². The molecular formula is C20H34O2. The number of methoxy groups -OCH3 is 1. The first kappa shape index (κ1) is 17.6. The van der Waals surface area contributed by atoms with Gasteiger partial charge in [-0.05, 0) is 62.2 Å². The lowest BCUT2D eigenvalue weighted by Gasteiger charge is -2.56. The summed E-state index contributed by atoms with van der Waals surface area (Å²) in [5.41, 5.74) is 1.11. The third-order valence-corrected chi connectivity index (χ3v) is 6.06. The third kappa shape index (κ3) is 3.75. The number of carbonyl (C=O) groups excluding carboxylic acids is 1. The van der Waals surface area contributed by atoms with E-state index in [2.05, 4.69) is 27.7 Å². The molecule has 0 unspecified atom stereocenters. The lowest BCUT2D eigenvalue weighted by atomic mass is 9.49. The summed E-state index contributed by atoms with van der Waals surface area (Å²) in [4.78, 5) is 12.6. The summed E-state index contributed by atoms with van der Waals surface area (Å²) < 4.78 is 5.50. The highest BCUT2D eigenvalue weighted by atomic mass is 16.5. The zero-order valence-electron chi connectivity index (χ0n) is 15.2. The molecule has 126 valence electrons. The molecule has 0 aromatic heterocycles. The van der Waals surface area contributed by atoms with Crippen LogP contribution in [0, 0.1) is 22.7 Å². The number of rotatable bonds is 6. The summed E-state index contributed by atoms with van der Waals surface area (Å²) in [5, 5.41) is 0. The van der Waals surface area contributed by atoms with Crippen LogP contribution >= 0.6 is 0 Å². The minimum absolute atomic E-state index is 0.230. The first-order valence-corrected chi connectivity index (χ1v) is 9.14. The zero-order chi connectivity index (χ0) is 16.4. The van der Waals surface area contributed by atoms with Crippen LogP contribution in [0.1, 0.15) is 79.1 Å². The second-order valence-corrected chi connectivity index (χ2v) is 8.46. The monoisotopic (exact) mass is 306 g/mol. The van der Waals surface area contributed by atoms with Crippen molar-refractivity contribution in [3.05, 3.63) is 11.8 Å². The minimum atomic E-state index is 0.230. The number of hydrogen-bond acceptors (Lipinski definition) is 2. The van der Waals surface area contributed by atoms with E-state index in [1.54, 1.807) is 7.11 Å². The number of carbonyl (C=O) groups is 1. The third-order valence-electron chi connectivity index (χ3n) is 6.06. The SMILES string of the molecule is CCC(CC)/C(=C/C(=O)C1CCC2(CC1)CC(C)(C)C2)OC. The van der Waals surface area contributed by atoms with Crippen LogP contribution in [0.4, 0.5) is 0 Å². The molecule has 0 N–H and O–H groups in total. The van der Waals surface area contributed by atoms with Crippen molar-refractivity contribution < 1.29 is 9.53 Å². The molecule has 2 nitrogen and oxygen atoms in total. The van der Waals surface area contributed by atoms with E-state index in [0.717, 1.165) is 31.4 Å². The highest BCUT2D eigenvalue weighted by Crippen LogP contribution is 2.61. The van der Waals surface area contributed by atoms with Crippen molar-refractivity contribution in [2.75, 3.05) is 7.11 Å². The molecule has 0 bridgehead atoms. The van der Waals surface area contributed by atoms with Crippen LogP contribution in [0.25, 0.3) is 0 Å². The Hall–Kier alpha value is -0.790. The van der Waals surface area contributed by atoms with Crippen LogP contribution in [0.2, 0.25) is 0 Å². The maximum Gasteiger partial charge on any atom is 0.162 e. The van der Waals surface area contributed by atoms with E-state index in [0.29, 0.717) is 22.5 Å². The molecule has 22 heavy (non-hydrogen) atoms. The van der Waals surface area contributed by atoms with E-state index >= 15 is 0 Å². The van der Waals surface area contributed by atoms with Crippen molar-refractivity contribution in [3.63, 3.8) is 0 Å². The Bertz CT molecular complexity index is 411. The number of ether oxygens (including phenoxy) is 1. The largest absolute Gasteiger partial charge is 0.501 e. The van der Waals surface area contributed by atoms with Gasteiger partial charge < -0.3 is 4.74 Å². The zero-order valence-corrected chi connectivity index (χ0v) is 15.2. The van der Waals surface area contributed by atoms with Crippen molar-refractivity contribution in [2.24, 2.45) is 22.7 Å². The van der Waals surface area contributed by atoms with E-state index in [-0.39, 0.29) is 5.92 Å². The Morgan fingerprint density at radius 2 is 1.73 bits per heavy atom. The number of hydrogen-bond donors (Lipinski definition) is 0. The van der Waals surface area contributed by atoms with Gasteiger partial charge in [-0.3, -0.25) is 4.79 Å². The van der Waals surface area contributed by atoms with Crippen molar-refractivity contribution in [2.45, 2.75) is 79.1 Å². The molecule has 0 aromatic rings. The molecule has 0 heterocycles. The highest BCUT2D eigenvalue weighted by molar-refractivity contribution is 5.92. The van der Waals surface area contributed by atoms with Crippen LogP contribution < -0.4 is 0 Å². The van der Waals surface area contributed by atoms with Gasteiger partial charge in [-0.15, -0.1) is 0 Å². The molecule has 0 saturated heterocycles. The Labute approximate surface area is 136 Å². The average Bonchev–Trinajstić information content (AvgIpc) is 2.45. The molecule has 0 amide bonds. The van der Waals surface area contributed by atoms with Gasteiger partial charge >= 0.3 is 0 Å². The second-order valence-electron chi connectivity index (χ2n) is 8.46. The van der Waals surface area contributed by atoms with Gasteiger partial charge in [-0.2, -0.15) is 0 Å². The van der Waals surface area contributed by atoms with Gasteiger partial charge in [-0.25, -0.2) is 0 Å². The molecule has 0 radical (unpaired) electrons. The molecular weight excluding hydrogens is 272 g/mol. The summed E-state index contributed by atoms with van der Waals surface area (Å²) in [7, 11) is 1.70. The van der Waals surface area contributed by atoms with Gasteiger partial charge in [-0.1, -0.05) is 27.7 Å². The van der Waals surface area contributed by atoms with Gasteiger partial charge in [0.15, 0.2) is 5.78 Å². The summed E-state index contributed by atoms with van der Waals surface area (Å²) >= 11 is 0. The lowest BCUT2D eigenvalue weighted by molar-refractivity contribution is -0.122. The predicted molar refractivity (Wildman–Crippen MR) is 91.6 cm³/mol. The molecule has 0 aliphatic heterocycles. The fourth-order valence-electron chi connectivity index (χ4n) is 5.14. The quantitative estimate of drug-likeness (QED) is 0.477. The highest BCUT2D eigenvalue weighted by Gasteiger charge is 2.50. The molecule has 1 spiro atoms. The van der Waals surface area contributed by atoms with E-state index in [4.69, 9.17) is 4.74 Å². The Morgan fingerprint density at radius 3 is 2.14 bits per heavy atom. The number of ketones is 1. The van der Waals surface area contributed by atoms with Crippen molar-refractivity contribution >= 4 is 5.78 Å². The fourth-order valence-corrected chi connectivity index (χ4v) is 5.14. The maximum atomic E-state index is 12.6. The molecule has 2 fully saturated rings. The average molecular weight is 306 g/mol. The van der Waals surface area contributed by atoms with E-state index in [9.17, 15) is 4.79 Å². The van der Waals surface area contributed by atoms with Gasteiger partial charge in [0, 0.05) is 17.9 Å². The van der Waals surface area contributed by atoms with Crippen molar-refractivity contribution in [3.8, 4) is 0 Å². The Balaban J connectivity index is 1.92. The van der Waals surface area contributed by atoms with Gasteiger partial charge in [0.05, 0.1) is 7.11 Å². The van der Waals surface area contributed by atoms with Crippen molar-refractivity contribution in [1.29, 1.82) is 0 Å². The standard InChI is InChI=1S/C20H34O2/c1-6-15(7-2)18(22-5)12-17(21)16-8-10-20(11-9-16)13-19(3,4)14-20/h12,15-16H,6-11,13-14H2,1-5H3/b18-12-. The summed E-state index contributed by atoms with van der Waals surface area (Å²) in [5.74, 6) is 1.81.